The van der Waals surface area contributed by atoms with Crippen LogP contribution in [-0.2, 0) is 13.8 Å². The molecule has 0 aromatic heterocycles. The van der Waals surface area contributed by atoms with Gasteiger partial charge in [-0.15, -0.1) is 0 Å². The predicted octanol–water partition coefficient (Wildman–Crippen LogP) is 0.522. The monoisotopic (exact) mass is 241 g/mol. The minimum atomic E-state index is -3.46. The van der Waals surface area contributed by atoms with Crippen molar-refractivity contribution in [3.05, 3.63) is 0 Å². The molecule has 2 atom stereocenters. The summed E-state index contributed by atoms with van der Waals surface area (Å²) in [5, 5.41) is 0. The Kier molecular flexibility index (Phi) is 4.18. The van der Waals surface area contributed by atoms with Crippen molar-refractivity contribution in [1.82, 2.24) is 4.90 Å². The molecule has 0 N–H and O–H groups in total. The minimum Gasteiger partial charge on any atom is -0.380 e. The molecular weight excluding hydrogens is 226 g/mol. The summed E-state index contributed by atoms with van der Waals surface area (Å²) in [6.45, 7) is 1.87. The fourth-order valence-corrected chi connectivity index (χ4v) is 3.04. The van der Waals surface area contributed by atoms with Crippen LogP contribution in [0.25, 0.3) is 0 Å². The van der Waals surface area contributed by atoms with E-state index < -0.39 is 9.05 Å². The summed E-state index contributed by atoms with van der Waals surface area (Å²) >= 11 is 0. The van der Waals surface area contributed by atoms with E-state index >= 15 is 0 Å². The van der Waals surface area contributed by atoms with E-state index in [9.17, 15) is 8.42 Å². The summed E-state index contributed by atoms with van der Waals surface area (Å²) in [7, 11) is 5.29. The second kappa shape index (κ2) is 4.79. The van der Waals surface area contributed by atoms with Crippen LogP contribution in [0.2, 0.25) is 0 Å². The van der Waals surface area contributed by atoms with Gasteiger partial charge in [-0.1, -0.05) is 0 Å². The Morgan fingerprint density at radius 2 is 2.29 bits per heavy atom. The smallest absolute Gasteiger partial charge is 0.235 e. The summed E-state index contributed by atoms with van der Waals surface area (Å²) < 4.78 is 27.0. The molecule has 0 aromatic carbocycles. The Morgan fingerprint density at radius 1 is 1.64 bits per heavy atom. The lowest BCUT2D eigenvalue weighted by molar-refractivity contribution is 0.0734. The maximum absolute atomic E-state index is 10.9. The van der Waals surface area contributed by atoms with Crippen LogP contribution in [0.1, 0.15) is 6.42 Å². The molecule has 1 aliphatic heterocycles. The summed E-state index contributed by atoms with van der Waals surface area (Å²) in [6.07, 6.45) is 0.698. The number of nitrogens with zero attached hydrogens (tertiary/aromatic N) is 1. The molecule has 0 spiro atoms. The molecule has 6 heteroatoms. The number of rotatable bonds is 4. The fraction of sp³-hybridized carbons (Fsp3) is 1.00. The van der Waals surface area contributed by atoms with E-state index in [-0.39, 0.29) is 17.8 Å². The zero-order valence-corrected chi connectivity index (χ0v) is 10.0. The van der Waals surface area contributed by atoms with Crippen LogP contribution in [0.4, 0.5) is 0 Å². The maximum atomic E-state index is 10.9. The van der Waals surface area contributed by atoms with Gasteiger partial charge in [-0.25, -0.2) is 8.42 Å². The standard InChI is InChI=1S/C8H16ClNO3S/c1-10-4-3-7(5-10)8(13-2)6-14(9,11)12/h7-8H,3-6H2,1-2H3. The van der Waals surface area contributed by atoms with Crippen molar-refractivity contribution in [2.45, 2.75) is 12.5 Å². The van der Waals surface area contributed by atoms with E-state index in [4.69, 9.17) is 15.4 Å². The van der Waals surface area contributed by atoms with Crippen LogP contribution in [0.3, 0.4) is 0 Å². The highest BCUT2D eigenvalue weighted by molar-refractivity contribution is 8.13. The molecule has 0 saturated carbocycles. The lowest BCUT2D eigenvalue weighted by atomic mass is 10.0. The summed E-state index contributed by atoms with van der Waals surface area (Å²) in [6, 6.07) is 0. The van der Waals surface area contributed by atoms with Crippen molar-refractivity contribution in [3.63, 3.8) is 0 Å². The first-order valence-corrected chi connectivity index (χ1v) is 7.04. The first-order chi connectivity index (χ1) is 6.42. The number of methoxy groups -OCH3 is 1. The zero-order valence-electron chi connectivity index (χ0n) is 8.44. The molecule has 1 fully saturated rings. The van der Waals surface area contributed by atoms with Gasteiger partial charge in [0.2, 0.25) is 9.05 Å². The number of likely N-dealkylation sites (tertiary alicyclic amines) is 1. The second-order valence-electron chi connectivity index (χ2n) is 3.79. The topological polar surface area (TPSA) is 46.6 Å². The number of ether oxygens (including phenoxy) is 1. The van der Waals surface area contributed by atoms with Gasteiger partial charge < -0.3 is 9.64 Å². The minimum absolute atomic E-state index is 0.0937. The molecule has 2 unspecified atom stereocenters. The third-order valence-electron chi connectivity index (χ3n) is 2.62. The molecule has 0 aromatic rings. The summed E-state index contributed by atoms with van der Waals surface area (Å²) in [5.74, 6) is 0.183. The Morgan fingerprint density at radius 3 is 2.64 bits per heavy atom. The Hall–Kier alpha value is 0.160. The Labute approximate surface area is 89.6 Å². The first kappa shape index (κ1) is 12.2. The largest absolute Gasteiger partial charge is 0.380 e. The van der Waals surface area contributed by atoms with E-state index in [2.05, 4.69) is 4.90 Å². The highest BCUT2D eigenvalue weighted by Crippen LogP contribution is 2.22. The van der Waals surface area contributed by atoms with E-state index in [1.165, 1.54) is 7.11 Å². The molecule has 1 saturated heterocycles. The molecule has 84 valence electrons. The van der Waals surface area contributed by atoms with Gasteiger partial charge in [0.25, 0.3) is 0 Å². The third kappa shape index (κ3) is 3.73. The number of hydrogen-bond donors (Lipinski definition) is 0. The molecule has 0 aliphatic carbocycles. The molecule has 1 rings (SSSR count). The van der Waals surface area contributed by atoms with Crippen molar-refractivity contribution in [2.24, 2.45) is 5.92 Å². The van der Waals surface area contributed by atoms with Crippen molar-refractivity contribution < 1.29 is 13.2 Å². The Bertz CT molecular complexity index is 280. The van der Waals surface area contributed by atoms with Gasteiger partial charge in [0.15, 0.2) is 0 Å². The van der Waals surface area contributed by atoms with Gasteiger partial charge in [0.05, 0.1) is 11.9 Å². The molecule has 1 aliphatic rings. The highest BCUT2D eigenvalue weighted by atomic mass is 35.7. The molecule has 0 amide bonds. The Balaban J connectivity index is 2.54. The van der Waals surface area contributed by atoms with Gasteiger partial charge in [-0.05, 0) is 20.0 Å². The van der Waals surface area contributed by atoms with Gasteiger partial charge >= 0.3 is 0 Å². The molecule has 4 nitrogen and oxygen atoms in total. The molecule has 0 bridgehead atoms. The van der Waals surface area contributed by atoms with Crippen molar-refractivity contribution in [1.29, 1.82) is 0 Å². The quantitative estimate of drug-likeness (QED) is 0.674. The maximum Gasteiger partial charge on any atom is 0.235 e. The summed E-state index contributed by atoms with van der Waals surface area (Å²) in [5.41, 5.74) is 0. The van der Waals surface area contributed by atoms with Crippen molar-refractivity contribution in [2.75, 3.05) is 33.0 Å². The first-order valence-electron chi connectivity index (χ1n) is 4.56. The van der Waals surface area contributed by atoms with E-state index in [0.29, 0.717) is 0 Å². The lowest BCUT2D eigenvalue weighted by Crippen LogP contribution is -2.31. The third-order valence-corrected chi connectivity index (χ3v) is 3.72. The van der Waals surface area contributed by atoms with Crippen molar-refractivity contribution in [3.8, 4) is 0 Å². The second-order valence-corrected chi connectivity index (χ2v) is 6.61. The van der Waals surface area contributed by atoms with Crippen molar-refractivity contribution >= 4 is 19.7 Å². The number of halogens is 1. The van der Waals surface area contributed by atoms with Crippen LogP contribution in [-0.4, -0.2) is 52.4 Å². The predicted molar refractivity (Wildman–Crippen MR) is 56.0 cm³/mol. The normalized spacial score (nSPS) is 26.6. The van der Waals surface area contributed by atoms with Gasteiger partial charge in [-0.2, -0.15) is 0 Å². The number of hydrogen-bond acceptors (Lipinski definition) is 4. The average Bonchev–Trinajstić information content (AvgIpc) is 2.46. The van der Waals surface area contributed by atoms with Crippen LogP contribution >= 0.6 is 10.7 Å². The fourth-order valence-electron chi connectivity index (χ4n) is 1.87. The molecule has 14 heavy (non-hydrogen) atoms. The van der Waals surface area contributed by atoms with Crippen LogP contribution in [0, 0.1) is 5.92 Å². The molecule has 1 heterocycles. The van der Waals surface area contributed by atoms with Gasteiger partial charge in [0.1, 0.15) is 0 Å². The van der Waals surface area contributed by atoms with Gasteiger partial charge in [-0.3, -0.25) is 0 Å². The molecule has 0 radical (unpaired) electrons. The average molecular weight is 242 g/mol. The van der Waals surface area contributed by atoms with E-state index in [1.54, 1.807) is 0 Å². The van der Waals surface area contributed by atoms with E-state index in [0.717, 1.165) is 19.5 Å². The van der Waals surface area contributed by atoms with Gasteiger partial charge in [0, 0.05) is 30.3 Å². The van der Waals surface area contributed by atoms with Crippen LogP contribution in [0.15, 0.2) is 0 Å². The highest BCUT2D eigenvalue weighted by Gasteiger charge is 2.30. The SMILES string of the molecule is COC(CS(=O)(=O)Cl)C1CCN(C)C1. The van der Waals surface area contributed by atoms with Crippen LogP contribution in [0.5, 0.6) is 0 Å². The lowest BCUT2D eigenvalue weighted by Gasteiger charge is -2.20. The molecular formula is C8H16ClNO3S. The van der Waals surface area contributed by atoms with Crippen LogP contribution < -0.4 is 0 Å². The van der Waals surface area contributed by atoms with E-state index in [1.807, 2.05) is 7.05 Å². The zero-order chi connectivity index (χ0) is 10.8. The summed E-state index contributed by atoms with van der Waals surface area (Å²) in [4.78, 5) is 2.16.